The van der Waals surface area contributed by atoms with Gasteiger partial charge in [-0.25, -0.2) is 0 Å². The van der Waals surface area contributed by atoms with E-state index in [0.717, 1.165) is 12.2 Å². The number of aromatic hydroxyl groups is 1. The number of rotatable bonds is 6. The van der Waals surface area contributed by atoms with Gasteiger partial charge in [0.2, 0.25) is 0 Å². The maximum atomic E-state index is 11.3. The van der Waals surface area contributed by atoms with Gasteiger partial charge in [0.1, 0.15) is 5.75 Å². The van der Waals surface area contributed by atoms with Crippen molar-refractivity contribution in [1.29, 1.82) is 0 Å². The van der Waals surface area contributed by atoms with Crippen LogP contribution in [0.4, 0.5) is 5.69 Å². The van der Waals surface area contributed by atoms with Crippen molar-refractivity contribution >= 4 is 11.5 Å². The minimum absolute atomic E-state index is 0.0584. The van der Waals surface area contributed by atoms with Crippen molar-refractivity contribution < 1.29 is 14.6 Å². The molecule has 1 aliphatic rings. The molecular formula is C14H19NO3. The predicted molar refractivity (Wildman–Crippen MR) is 70.4 cm³/mol. The van der Waals surface area contributed by atoms with Crippen LogP contribution in [-0.4, -0.2) is 37.2 Å². The minimum Gasteiger partial charge on any atom is -0.507 e. The largest absolute Gasteiger partial charge is 0.507 e. The van der Waals surface area contributed by atoms with Crippen LogP contribution in [0.15, 0.2) is 18.2 Å². The quantitative estimate of drug-likeness (QED) is 0.785. The van der Waals surface area contributed by atoms with Crippen LogP contribution in [0, 0.1) is 0 Å². The molecule has 2 rings (SSSR count). The molecule has 0 heterocycles. The van der Waals surface area contributed by atoms with Crippen LogP contribution in [-0.2, 0) is 4.74 Å². The molecule has 0 aromatic heterocycles. The smallest absolute Gasteiger partial charge is 0.163 e. The summed E-state index contributed by atoms with van der Waals surface area (Å²) in [7, 11) is 1.68. The van der Waals surface area contributed by atoms with Crippen molar-refractivity contribution in [1.82, 2.24) is 0 Å². The summed E-state index contributed by atoms with van der Waals surface area (Å²) in [5, 5.41) is 9.86. The Hall–Kier alpha value is -1.55. The number of carbonyl (C=O) groups is 1. The molecule has 0 spiro atoms. The summed E-state index contributed by atoms with van der Waals surface area (Å²) in [6.07, 6.45) is 2.36. The van der Waals surface area contributed by atoms with Gasteiger partial charge in [-0.15, -0.1) is 0 Å². The van der Waals surface area contributed by atoms with Gasteiger partial charge in [-0.1, -0.05) is 0 Å². The van der Waals surface area contributed by atoms with Gasteiger partial charge in [-0.05, 0) is 31.9 Å². The molecule has 0 atom stereocenters. The molecule has 0 aliphatic heterocycles. The van der Waals surface area contributed by atoms with Crippen LogP contribution in [0.1, 0.15) is 30.1 Å². The van der Waals surface area contributed by atoms with E-state index in [0.29, 0.717) is 18.2 Å². The number of phenolic OH excluding ortho intramolecular Hbond substituents is 1. The summed E-state index contributed by atoms with van der Waals surface area (Å²) in [6, 6.07) is 5.80. The van der Waals surface area contributed by atoms with Crippen molar-refractivity contribution in [2.24, 2.45) is 0 Å². The van der Waals surface area contributed by atoms with Gasteiger partial charge in [-0.2, -0.15) is 0 Å². The van der Waals surface area contributed by atoms with E-state index in [1.165, 1.54) is 19.8 Å². The highest BCUT2D eigenvalue weighted by atomic mass is 16.5. The zero-order chi connectivity index (χ0) is 13.1. The zero-order valence-electron chi connectivity index (χ0n) is 10.8. The number of benzene rings is 1. The molecule has 1 saturated carbocycles. The second-order valence-corrected chi connectivity index (χ2v) is 4.68. The van der Waals surface area contributed by atoms with E-state index in [-0.39, 0.29) is 11.5 Å². The zero-order valence-corrected chi connectivity index (χ0v) is 10.8. The standard InChI is InChI=1S/C14H19NO3/c1-10(16)13-6-5-12(9-14(13)17)15(7-8-18-2)11-3-4-11/h5-6,9,11,17H,3-4,7-8H2,1-2H3. The number of hydrogen-bond acceptors (Lipinski definition) is 4. The number of nitrogens with zero attached hydrogens (tertiary/aromatic N) is 1. The van der Waals surface area contributed by atoms with E-state index < -0.39 is 0 Å². The maximum Gasteiger partial charge on any atom is 0.163 e. The Morgan fingerprint density at radius 3 is 2.72 bits per heavy atom. The third-order valence-corrected chi connectivity index (χ3v) is 3.22. The number of ether oxygens (including phenoxy) is 1. The molecule has 0 bridgehead atoms. The Labute approximate surface area is 107 Å². The Morgan fingerprint density at radius 2 is 2.22 bits per heavy atom. The summed E-state index contributed by atoms with van der Waals surface area (Å²) in [4.78, 5) is 13.5. The van der Waals surface area contributed by atoms with E-state index in [2.05, 4.69) is 4.90 Å². The normalized spacial score (nSPS) is 14.6. The third-order valence-electron chi connectivity index (χ3n) is 3.22. The first-order valence-electron chi connectivity index (χ1n) is 6.23. The SMILES string of the molecule is COCCN(c1ccc(C(C)=O)c(O)c1)C1CC1. The molecule has 0 saturated heterocycles. The lowest BCUT2D eigenvalue weighted by Crippen LogP contribution is -2.29. The lowest BCUT2D eigenvalue weighted by molar-refractivity contribution is 0.101. The summed E-state index contributed by atoms with van der Waals surface area (Å²) in [6.45, 7) is 2.92. The summed E-state index contributed by atoms with van der Waals surface area (Å²) < 4.78 is 5.11. The molecule has 4 nitrogen and oxygen atoms in total. The van der Waals surface area contributed by atoms with Crippen LogP contribution in [0.5, 0.6) is 5.75 Å². The van der Waals surface area contributed by atoms with E-state index in [4.69, 9.17) is 4.74 Å². The molecular weight excluding hydrogens is 230 g/mol. The Kier molecular flexibility index (Phi) is 3.87. The van der Waals surface area contributed by atoms with Gasteiger partial charge in [0.25, 0.3) is 0 Å². The van der Waals surface area contributed by atoms with Crippen LogP contribution in [0.25, 0.3) is 0 Å². The summed E-state index contributed by atoms with van der Waals surface area (Å²) >= 11 is 0. The molecule has 0 unspecified atom stereocenters. The van der Waals surface area contributed by atoms with Gasteiger partial charge in [0.15, 0.2) is 5.78 Å². The molecule has 1 aromatic rings. The van der Waals surface area contributed by atoms with E-state index in [9.17, 15) is 9.90 Å². The van der Waals surface area contributed by atoms with Crippen molar-refractivity contribution in [3.63, 3.8) is 0 Å². The fraction of sp³-hybridized carbons (Fsp3) is 0.500. The van der Waals surface area contributed by atoms with Gasteiger partial charge < -0.3 is 14.7 Å². The molecule has 1 aliphatic carbocycles. The van der Waals surface area contributed by atoms with E-state index >= 15 is 0 Å². The first-order chi connectivity index (χ1) is 8.63. The Bertz CT molecular complexity index is 441. The van der Waals surface area contributed by atoms with E-state index in [1.54, 1.807) is 19.2 Å². The second kappa shape index (κ2) is 5.40. The molecule has 18 heavy (non-hydrogen) atoms. The molecule has 4 heteroatoms. The average molecular weight is 249 g/mol. The number of Topliss-reactive ketones (excluding diaryl/α,β-unsaturated/α-hetero) is 1. The Morgan fingerprint density at radius 1 is 1.50 bits per heavy atom. The van der Waals surface area contributed by atoms with Gasteiger partial charge in [0, 0.05) is 31.5 Å². The van der Waals surface area contributed by atoms with Gasteiger partial charge >= 0.3 is 0 Å². The number of phenols is 1. The lowest BCUT2D eigenvalue weighted by Gasteiger charge is -2.24. The second-order valence-electron chi connectivity index (χ2n) is 4.68. The number of anilines is 1. The lowest BCUT2D eigenvalue weighted by atomic mass is 10.1. The first kappa shape index (κ1) is 12.9. The van der Waals surface area contributed by atoms with Crippen molar-refractivity contribution in [2.75, 3.05) is 25.2 Å². The highest BCUT2D eigenvalue weighted by Gasteiger charge is 2.29. The number of hydrogen-bond donors (Lipinski definition) is 1. The highest BCUT2D eigenvalue weighted by Crippen LogP contribution is 2.33. The summed E-state index contributed by atoms with van der Waals surface area (Å²) in [5.41, 5.74) is 1.33. The number of ketones is 1. The van der Waals surface area contributed by atoms with Crippen molar-refractivity contribution in [3.8, 4) is 5.75 Å². The number of methoxy groups -OCH3 is 1. The fourth-order valence-electron chi connectivity index (χ4n) is 2.09. The van der Waals surface area contributed by atoms with Crippen LogP contribution in [0.3, 0.4) is 0 Å². The molecule has 0 radical (unpaired) electrons. The van der Waals surface area contributed by atoms with Crippen LogP contribution in [0.2, 0.25) is 0 Å². The maximum absolute atomic E-state index is 11.3. The molecule has 0 amide bonds. The first-order valence-corrected chi connectivity index (χ1v) is 6.23. The predicted octanol–water partition coefficient (Wildman–Crippen LogP) is 2.21. The van der Waals surface area contributed by atoms with Crippen LogP contribution < -0.4 is 4.90 Å². The molecule has 1 fully saturated rings. The third kappa shape index (κ3) is 2.82. The monoisotopic (exact) mass is 249 g/mol. The number of carbonyl (C=O) groups excluding carboxylic acids is 1. The highest BCUT2D eigenvalue weighted by molar-refractivity contribution is 5.97. The summed E-state index contributed by atoms with van der Waals surface area (Å²) in [5.74, 6) is -0.0584. The topological polar surface area (TPSA) is 49.8 Å². The molecule has 1 N–H and O–H groups in total. The molecule has 98 valence electrons. The van der Waals surface area contributed by atoms with Crippen molar-refractivity contribution in [2.45, 2.75) is 25.8 Å². The van der Waals surface area contributed by atoms with Gasteiger partial charge in [0.05, 0.1) is 12.2 Å². The fourth-order valence-corrected chi connectivity index (χ4v) is 2.09. The average Bonchev–Trinajstić information content (AvgIpc) is 3.13. The van der Waals surface area contributed by atoms with Crippen LogP contribution >= 0.6 is 0 Å². The van der Waals surface area contributed by atoms with Crippen molar-refractivity contribution in [3.05, 3.63) is 23.8 Å². The molecule has 1 aromatic carbocycles. The van der Waals surface area contributed by atoms with Gasteiger partial charge in [-0.3, -0.25) is 4.79 Å². The minimum atomic E-state index is -0.117. The van der Waals surface area contributed by atoms with E-state index in [1.807, 2.05) is 6.07 Å². The Balaban J connectivity index is 2.19.